The van der Waals surface area contributed by atoms with E-state index in [9.17, 15) is 9.36 Å². The van der Waals surface area contributed by atoms with Crippen molar-refractivity contribution in [2.75, 3.05) is 0 Å². The number of ether oxygens (including phenoxy) is 1. The second-order valence-electron chi connectivity index (χ2n) is 7.52. The van der Waals surface area contributed by atoms with Crippen LogP contribution in [0.3, 0.4) is 0 Å². The van der Waals surface area contributed by atoms with E-state index in [1.807, 2.05) is 72.8 Å². The molecule has 0 aliphatic rings. The molecule has 1 heterocycles. The SMILES string of the molecule is O=C(Oc1cccc2c(P(=O)(c3ccccc3)c3ccccc3)ccnc12)c1ccccc1. The summed E-state index contributed by atoms with van der Waals surface area (Å²) in [6.07, 6.45) is 1.62. The summed E-state index contributed by atoms with van der Waals surface area (Å²) in [5, 5.41) is 2.81. The predicted molar refractivity (Wildman–Crippen MR) is 133 cm³/mol. The Morgan fingerprint density at radius 3 is 1.85 bits per heavy atom. The Kier molecular flexibility index (Phi) is 5.60. The first-order valence-corrected chi connectivity index (χ1v) is 12.3. The normalized spacial score (nSPS) is 11.3. The van der Waals surface area contributed by atoms with Crippen LogP contribution in [0.5, 0.6) is 5.75 Å². The van der Waals surface area contributed by atoms with Gasteiger partial charge in [0.2, 0.25) is 0 Å². The highest BCUT2D eigenvalue weighted by atomic mass is 31.2. The maximum Gasteiger partial charge on any atom is 0.343 e. The van der Waals surface area contributed by atoms with Crippen molar-refractivity contribution in [2.45, 2.75) is 0 Å². The van der Waals surface area contributed by atoms with Crippen molar-refractivity contribution in [1.29, 1.82) is 0 Å². The Balaban J connectivity index is 1.69. The topological polar surface area (TPSA) is 56.3 Å². The third-order valence-electron chi connectivity index (χ3n) is 5.50. The molecule has 1 aromatic heterocycles. The molecule has 5 heteroatoms. The third-order valence-corrected chi connectivity index (χ3v) is 8.62. The highest BCUT2D eigenvalue weighted by Crippen LogP contribution is 2.44. The zero-order valence-electron chi connectivity index (χ0n) is 17.7. The molecular weight excluding hydrogens is 429 g/mol. The van der Waals surface area contributed by atoms with Gasteiger partial charge in [-0.3, -0.25) is 4.98 Å². The van der Waals surface area contributed by atoms with Gasteiger partial charge in [0.25, 0.3) is 0 Å². The molecule has 5 aromatic rings. The number of aromatic nitrogens is 1. The van der Waals surface area contributed by atoms with Gasteiger partial charge in [-0.25, -0.2) is 4.79 Å². The van der Waals surface area contributed by atoms with Crippen molar-refractivity contribution in [3.05, 3.63) is 127 Å². The molecule has 5 rings (SSSR count). The molecule has 0 saturated heterocycles. The maximum atomic E-state index is 14.9. The highest BCUT2D eigenvalue weighted by Gasteiger charge is 2.31. The van der Waals surface area contributed by atoms with Crippen LogP contribution in [0.25, 0.3) is 10.9 Å². The van der Waals surface area contributed by atoms with E-state index in [0.717, 1.165) is 10.6 Å². The number of benzene rings is 4. The number of hydrogen-bond acceptors (Lipinski definition) is 4. The number of rotatable bonds is 5. The summed E-state index contributed by atoms with van der Waals surface area (Å²) < 4.78 is 20.6. The molecule has 0 bridgehead atoms. The van der Waals surface area contributed by atoms with Gasteiger partial charge < -0.3 is 9.30 Å². The van der Waals surface area contributed by atoms with Crippen LogP contribution in [-0.2, 0) is 4.57 Å². The summed E-state index contributed by atoms with van der Waals surface area (Å²) in [7, 11) is -3.21. The first-order valence-electron chi connectivity index (χ1n) is 10.5. The summed E-state index contributed by atoms with van der Waals surface area (Å²) in [4.78, 5) is 17.2. The summed E-state index contributed by atoms with van der Waals surface area (Å²) >= 11 is 0. The number of carbonyl (C=O) groups is 1. The third kappa shape index (κ3) is 3.86. The van der Waals surface area contributed by atoms with Crippen LogP contribution in [0.15, 0.2) is 121 Å². The monoisotopic (exact) mass is 449 g/mol. The van der Waals surface area contributed by atoms with Crippen LogP contribution in [0, 0.1) is 0 Å². The van der Waals surface area contributed by atoms with Crippen LogP contribution in [0.2, 0.25) is 0 Å². The fourth-order valence-electron chi connectivity index (χ4n) is 3.93. The molecule has 0 radical (unpaired) electrons. The Hall–Kier alpha value is -4.01. The fourth-order valence-corrected chi connectivity index (χ4v) is 6.76. The van der Waals surface area contributed by atoms with Crippen LogP contribution >= 0.6 is 7.14 Å². The van der Waals surface area contributed by atoms with Crippen molar-refractivity contribution in [2.24, 2.45) is 0 Å². The minimum atomic E-state index is -3.21. The lowest BCUT2D eigenvalue weighted by Gasteiger charge is -2.21. The zero-order chi connectivity index (χ0) is 22.7. The average Bonchev–Trinajstić information content (AvgIpc) is 2.89. The largest absolute Gasteiger partial charge is 0.421 e. The summed E-state index contributed by atoms with van der Waals surface area (Å²) in [6, 6.07) is 34.9. The van der Waals surface area contributed by atoms with E-state index in [4.69, 9.17) is 4.74 Å². The van der Waals surface area contributed by atoms with E-state index in [0.29, 0.717) is 27.5 Å². The Labute approximate surface area is 191 Å². The van der Waals surface area contributed by atoms with Gasteiger partial charge in [0, 0.05) is 27.5 Å². The van der Waals surface area contributed by atoms with Gasteiger partial charge in [-0.1, -0.05) is 91.0 Å². The molecule has 33 heavy (non-hydrogen) atoms. The molecular formula is C28H20NO3P. The average molecular weight is 449 g/mol. The molecule has 4 nitrogen and oxygen atoms in total. The van der Waals surface area contributed by atoms with E-state index >= 15 is 0 Å². The number of fused-ring (bicyclic) bond motifs is 1. The van der Waals surface area contributed by atoms with Gasteiger partial charge in [0.05, 0.1) is 5.56 Å². The molecule has 0 spiro atoms. The van der Waals surface area contributed by atoms with Gasteiger partial charge in [-0.15, -0.1) is 0 Å². The Morgan fingerprint density at radius 2 is 1.24 bits per heavy atom. The molecule has 0 atom stereocenters. The van der Waals surface area contributed by atoms with E-state index in [1.165, 1.54) is 0 Å². The Morgan fingerprint density at radius 1 is 0.667 bits per heavy atom. The van der Waals surface area contributed by atoms with Crippen molar-refractivity contribution in [3.63, 3.8) is 0 Å². The summed E-state index contributed by atoms with van der Waals surface area (Å²) in [6.45, 7) is 0. The molecule has 0 saturated carbocycles. The first kappa shape index (κ1) is 20.9. The van der Waals surface area contributed by atoms with E-state index in [1.54, 1.807) is 48.7 Å². The van der Waals surface area contributed by atoms with Crippen molar-refractivity contribution in [1.82, 2.24) is 4.98 Å². The van der Waals surface area contributed by atoms with Crippen LogP contribution in [-0.4, -0.2) is 11.0 Å². The van der Waals surface area contributed by atoms with Gasteiger partial charge in [-0.2, -0.15) is 0 Å². The van der Waals surface area contributed by atoms with E-state index < -0.39 is 13.1 Å². The molecule has 0 fully saturated rings. The maximum absolute atomic E-state index is 14.9. The van der Waals surface area contributed by atoms with Gasteiger partial charge in [-0.05, 0) is 24.3 Å². The quantitative estimate of drug-likeness (QED) is 0.213. The number of para-hydroxylation sites is 1. The lowest BCUT2D eigenvalue weighted by Crippen LogP contribution is -2.25. The molecule has 0 unspecified atom stereocenters. The van der Waals surface area contributed by atoms with E-state index in [2.05, 4.69) is 4.98 Å². The molecule has 0 aliphatic heterocycles. The number of carbonyl (C=O) groups excluding carboxylic acids is 1. The molecule has 0 N–H and O–H groups in total. The lowest BCUT2D eigenvalue weighted by atomic mass is 10.2. The molecule has 0 amide bonds. The second-order valence-corrected chi connectivity index (χ2v) is 10.3. The highest BCUT2D eigenvalue weighted by molar-refractivity contribution is 7.85. The van der Waals surface area contributed by atoms with Crippen LogP contribution in [0.1, 0.15) is 10.4 Å². The Bertz CT molecular complexity index is 1430. The fraction of sp³-hybridized carbons (Fsp3) is 0. The van der Waals surface area contributed by atoms with Crippen molar-refractivity contribution < 1.29 is 14.1 Å². The number of pyridine rings is 1. The standard InChI is InChI=1S/C28H20NO3P/c30-28(21-11-4-1-5-12-21)32-25-18-10-17-24-26(19-20-29-27(24)25)33(31,22-13-6-2-7-14-22)23-15-8-3-9-16-23/h1-20H. The lowest BCUT2D eigenvalue weighted by molar-refractivity contribution is 0.0737. The number of nitrogens with zero attached hydrogens (tertiary/aromatic N) is 1. The van der Waals surface area contributed by atoms with Gasteiger partial charge in [0.15, 0.2) is 12.9 Å². The minimum Gasteiger partial charge on any atom is -0.421 e. The number of hydrogen-bond donors (Lipinski definition) is 0. The van der Waals surface area contributed by atoms with Gasteiger partial charge in [0.1, 0.15) is 5.52 Å². The molecule has 160 valence electrons. The van der Waals surface area contributed by atoms with Crippen molar-refractivity contribution >= 4 is 39.9 Å². The zero-order valence-corrected chi connectivity index (χ0v) is 18.6. The van der Waals surface area contributed by atoms with Crippen LogP contribution < -0.4 is 20.7 Å². The van der Waals surface area contributed by atoms with Crippen LogP contribution in [0.4, 0.5) is 0 Å². The summed E-state index contributed by atoms with van der Waals surface area (Å²) in [5.74, 6) is -0.138. The smallest absolute Gasteiger partial charge is 0.343 e. The van der Waals surface area contributed by atoms with E-state index in [-0.39, 0.29) is 0 Å². The van der Waals surface area contributed by atoms with Gasteiger partial charge >= 0.3 is 5.97 Å². The molecule has 0 aliphatic carbocycles. The summed E-state index contributed by atoms with van der Waals surface area (Å²) in [5.41, 5.74) is 0.941. The molecule has 4 aromatic carbocycles. The minimum absolute atomic E-state index is 0.330. The van der Waals surface area contributed by atoms with Crippen molar-refractivity contribution in [3.8, 4) is 5.75 Å². The predicted octanol–water partition coefficient (Wildman–Crippen LogP) is 5.09. The first-order chi connectivity index (χ1) is 16.2. The number of esters is 1. The second kappa shape index (κ2) is 8.85.